The summed E-state index contributed by atoms with van der Waals surface area (Å²) in [4.78, 5) is 2.04. The summed E-state index contributed by atoms with van der Waals surface area (Å²) in [7, 11) is 1.98. The first kappa shape index (κ1) is 12.8. The van der Waals surface area contributed by atoms with Crippen LogP contribution in [0.3, 0.4) is 0 Å². The molecule has 0 aromatic heterocycles. The van der Waals surface area contributed by atoms with Crippen LogP contribution in [0.25, 0.3) is 0 Å². The Morgan fingerprint density at radius 3 is 2.85 bits per heavy atom. The molecule has 1 aliphatic heterocycles. The highest BCUT2D eigenvalue weighted by atomic mass is 16.4. The summed E-state index contributed by atoms with van der Waals surface area (Å²) in [5, 5.41) is 9.21. The fourth-order valence-electron chi connectivity index (χ4n) is 2.63. The van der Waals surface area contributed by atoms with Gasteiger partial charge in [-0.3, -0.25) is 0 Å². The van der Waals surface area contributed by atoms with E-state index in [0.717, 1.165) is 11.4 Å². The van der Waals surface area contributed by atoms with Gasteiger partial charge in [-0.1, -0.05) is 25.0 Å². The number of fused-ring (bicyclic) bond motifs is 1. The Morgan fingerprint density at radius 2 is 2.05 bits per heavy atom. The third kappa shape index (κ3) is 2.07. The van der Waals surface area contributed by atoms with Crippen LogP contribution in [0.5, 0.6) is 0 Å². The van der Waals surface area contributed by atoms with Crippen molar-refractivity contribution in [1.29, 1.82) is 5.26 Å². The van der Waals surface area contributed by atoms with Crippen LogP contribution < -0.4 is 10.4 Å². The van der Waals surface area contributed by atoms with Crippen molar-refractivity contribution in [2.75, 3.05) is 11.9 Å². The molecule has 98 valence electrons. The summed E-state index contributed by atoms with van der Waals surface area (Å²) < 4.78 is 5.64. The molecule has 0 radical (unpaired) electrons. The molecule has 0 N–H and O–H groups in total. The highest BCUT2D eigenvalue weighted by Crippen LogP contribution is 2.27. The van der Waals surface area contributed by atoms with Gasteiger partial charge in [-0.25, -0.2) is 0 Å². The van der Waals surface area contributed by atoms with E-state index in [0.29, 0.717) is 12.2 Å². The van der Waals surface area contributed by atoms with Crippen molar-refractivity contribution < 1.29 is 4.65 Å². The van der Waals surface area contributed by atoms with E-state index in [9.17, 15) is 5.26 Å². The van der Waals surface area contributed by atoms with E-state index in [1.807, 2.05) is 36.2 Å². The molecule has 0 bridgehead atoms. The topological polar surface area (TPSA) is 36.3 Å². The second-order valence-electron chi connectivity index (χ2n) is 5.02. The summed E-state index contributed by atoms with van der Waals surface area (Å²) >= 11 is 0. The molecule has 2 aromatic rings. The molecule has 3 nitrogen and oxygen atoms in total. The first-order valence-corrected chi connectivity index (χ1v) is 6.68. The maximum atomic E-state index is 9.21. The van der Waals surface area contributed by atoms with E-state index in [-0.39, 0.29) is 6.92 Å². The monoisotopic (exact) mass is 262 g/mol. The summed E-state index contributed by atoms with van der Waals surface area (Å²) in [5.74, 6) is 0. The Labute approximate surface area is 119 Å². The number of anilines is 2. The van der Waals surface area contributed by atoms with Crippen molar-refractivity contribution in [1.82, 2.24) is 0 Å². The lowest BCUT2D eigenvalue weighted by Gasteiger charge is -2.21. The molecule has 0 amide bonds. The van der Waals surface area contributed by atoms with Gasteiger partial charge in [0, 0.05) is 12.7 Å². The molecule has 0 atom stereocenters. The molecule has 4 heteroatoms. The summed E-state index contributed by atoms with van der Waals surface area (Å²) in [5.41, 5.74) is 5.16. The normalized spacial score (nSPS) is 12.9. The van der Waals surface area contributed by atoms with Gasteiger partial charge in [0.1, 0.15) is 6.07 Å². The molecule has 0 aliphatic carbocycles. The van der Waals surface area contributed by atoms with Crippen LogP contribution in [0.15, 0.2) is 42.5 Å². The van der Waals surface area contributed by atoms with E-state index in [4.69, 9.17) is 4.65 Å². The zero-order chi connectivity index (χ0) is 14.1. The van der Waals surface area contributed by atoms with E-state index in [1.54, 1.807) is 0 Å². The van der Waals surface area contributed by atoms with Crippen molar-refractivity contribution in [2.45, 2.75) is 13.4 Å². The molecule has 2 aromatic carbocycles. The minimum absolute atomic E-state index is 0.177. The van der Waals surface area contributed by atoms with Crippen LogP contribution >= 0.6 is 0 Å². The van der Waals surface area contributed by atoms with E-state index in [1.165, 1.54) is 11.0 Å². The molecule has 3 rings (SSSR count). The average Bonchev–Trinajstić information content (AvgIpc) is 2.87. The molecule has 0 saturated heterocycles. The van der Waals surface area contributed by atoms with Crippen LogP contribution in [0.1, 0.15) is 11.1 Å². The zero-order valence-corrected chi connectivity index (χ0v) is 11.6. The number of nitriles is 1. The standard InChI is InChI=1S/C16H15BN2O/c1-17-15-8-7-14(9-13(15)11-20-17)19(2)16-6-4-3-5-12(16)10-18/h3-9H,11H2,1-2H3. The van der Waals surface area contributed by atoms with Crippen LogP contribution in [-0.4, -0.2) is 14.0 Å². The molecule has 1 aliphatic rings. The number of para-hydroxylation sites is 1. The zero-order valence-electron chi connectivity index (χ0n) is 11.6. The van der Waals surface area contributed by atoms with E-state index >= 15 is 0 Å². The van der Waals surface area contributed by atoms with Crippen molar-refractivity contribution in [2.24, 2.45) is 0 Å². The Bertz CT molecular complexity index is 693. The van der Waals surface area contributed by atoms with Crippen LogP contribution in [0.2, 0.25) is 6.82 Å². The molecular formula is C16H15BN2O. The first-order chi connectivity index (χ1) is 9.70. The molecule has 0 fully saturated rings. The molecule has 20 heavy (non-hydrogen) atoms. The van der Waals surface area contributed by atoms with Gasteiger partial charge in [0.2, 0.25) is 0 Å². The second-order valence-corrected chi connectivity index (χ2v) is 5.02. The minimum atomic E-state index is 0.177. The summed E-state index contributed by atoms with van der Waals surface area (Å²) in [6.45, 7) is 2.91. The molecule has 0 spiro atoms. The summed E-state index contributed by atoms with van der Waals surface area (Å²) in [6.07, 6.45) is 0. The lowest BCUT2D eigenvalue weighted by atomic mass is 9.64. The van der Waals surface area contributed by atoms with Gasteiger partial charge < -0.3 is 9.55 Å². The van der Waals surface area contributed by atoms with Gasteiger partial charge in [-0.2, -0.15) is 5.26 Å². The van der Waals surface area contributed by atoms with Gasteiger partial charge in [0.15, 0.2) is 0 Å². The fourth-order valence-corrected chi connectivity index (χ4v) is 2.63. The highest BCUT2D eigenvalue weighted by Gasteiger charge is 2.23. The molecular weight excluding hydrogens is 247 g/mol. The lowest BCUT2D eigenvalue weighted by Crippen LogP contribution is -2.24. The van der Waals surface area contributed by atoms with Crippen LogP contribution in [-0.2, 0) is 11.3 Å². The van der Waals surface area contributed by atoms with Crippen molar-refractivity contribution in [3.63, 3.8) is 0 Å². The average molecular weight is 262 g/mol. The molecule has 0 saturated carbocycles. The van der Waals surface area contributed by atoms with Gasteiger partial charge >= 0.3 is 6.92 Å². The Hall–Kier alpha value is -2.25. The highest BCUT2D eigenvalue weighted by molar-refractivity contribution is 6.67. The second kappa shape index (κ2) is 5.03. The maximum Gasteiger partial charge on any atom is 0.324 e. The lowest BCUT2D eigenvalue weighted by molar-refractivity contribution is 0.333. The predicted molar refractivity (Wildman–Crippen MR) is 81.7 cm³/mol. The predicted octanol–water partition coefficient (Wildman–Crippen LogP) is 2.68. The number of nitrogens with zero attached hydrogens (tertiary/aromatic N) is 2. The van der Waals surface area contributed by atoms with Crippen LogP contribution in [0.4, 0.5) is 11.4 Å². The third-order valence-electron chi connectivity index (χ3n) is 3.83. The Kier molecular flexibility index (Phi) is 3.21. The van der Waals surface area contributed by atoms with Crippen molar-refractivity contribution >= 4 is 23.8 Å². The van der Waals surface area contributed by atoms with Gasteiger partial charge in [0.25, 0.3) is 0 Å². The fraction of sp³-hybridized carbons (Fsp3) is 0.188. The smallest absolute Gasteiger partial charge is 0.324 e. The molecule has 0 unspecified atom stereocenters. The quantitative estimate of drug-likeness (QED) is 0.781. The SMILES string of the molecule is CB1OCc2cc(N(C)c3ccccc3C#N)ccc21. The number of hydrogen-bond donors (Lipinski definition) is 0. The van der Waals surface area contributed by atoms with E-state index < -0.39 is 0 Å². The third-order valence-corrected chi connectivity index (χ3v) is 3.83. The number of rotatable bonds is 2. The largest absolute Gasteiger partial charge is 0.427 e. The van der Waals surface area contributed by atoms with Gasteiger partial charge in [-0.05, 0) is 35.3 Å². The van der Waals surface area contributed by atoms with Crippen LogP contribution in [0, 0.1) is 11.3 Å². The van der Waals surface area contributed by atoms with Gasteiger partial charge in [0.05, 0.1) is 17.9 Å². The summed E-state index contributed by atoms with van der Waals surface area (Å²) in [6, 6.07) is 16.2. The number of benzene rings is 2. The Morgan fingerprint density at radius 1 is 1.25 bits per heavy atom. The number of hydrogen-bond acceptors (Lipinski definition) is 3. The van der Waals surface area contributed by atoms with E-state index in [2.05, 4.69) is 31.1 Å². The Balaban J connectivity index is 2.00. The minimum Gasteiger partial charge on any atom is -0.427 e. The first-order valence-electron chi connectivity index (χ1n) is 6.68. The van der Waals surface area contributed by atoms with Gasteiger partial charge in [-0.15, -0.1) is 0 Å². The molecule has 1 heterocycles. The maximum absolute atomic E-state index is 9.21. The van der Waals surface area contributed by atoms with Crippen molar-refractivity contribution in [3.05, 3.63) is 53.6 Å². The van der Waals surface area contributed by atoms with Crippen molar-refractivity contribution in [3.8, 4) is 6.07 Å².